The second-order valence-electron chi connectivity index (χ2n) is 21.2. The van der Waals surface area contributed by atoms with Gasteiger partial charge in [0.1, 0.15) is 66.9 Å². The van der Waals surface area contributed by atoms with Gasteiger partial charge in [-0.1, -0.05) is 92.4 Å². The van der Waals surface area contributed by atoms with Crippen LogP contribution < -0.4 is 59.5 Å². The van der Waals surface area contributed by atoms with Gasteiger partial charge in [0.05, 0.1) is 12.1 Å². The Morgan fingerprint density at radius 3 is 2.00 bits per heavy atom. The lowest BCUT2D eigenvalue weighted by Crippen LogP contribution is -2.66. The first-order valence-corrected chi connectivity index (χ1v) is 28.0. The van der Waals surface area contributed by atoms with E-state index in [-0.39, 0.29) is 45.0 Å². The van der Waals surface area contributed by atoms with Crippen molar-refractivity contribution < 1.29 is 78.4 Å². The van der Waals surface area contributed by atoms with Crippen LogP contribution in [0.5, 0.6) is 0 Å². The number of amides is 6. The highest BCUT2D eigenvalue weighted by Gasteiger charge is 2.54. The number of nitrogens with two attached hydrogens (primary N) is 1. The summed E-state index contributed by atoms with van der Waals surface area (Å²) in [6.07, 6.45) is -3.87. The standard InChI is InChI=1S/C51H88N12O18/c1-7-8-9-10-11-12-13-14-15-16-20-56-49(75)57-25-29-36(66)41(78-6)47(79-29)81-39(40-37(67)38(68)44(80-40)63-24-19-30(64)59-51(63)77)34(46(73)74)53-21-17-22-54-42(69)33(35(65)27(4)5)60-43(70)32(28-18-23-55-48(52)58-28)62-50(76)61-31(26(2)3)45(71)72/h19,24,26-29,31-41,44,47,53,65-68H,7-18,20-23,25H2,1-6H3,(H,54,69)(H,60,70)(H,71,72)(H,73,74)(H3,52,55,58)(H2,56,57,75)(H,59,64,77)(H2,61,62,76)/t28?,29-,31?,32?,33?,34?,35?,36-,37+,38-,39?,40+,41-,44-,47?/m1/s1. The Morgan fingerprint density at radius 1 is 0.765 bits per heavy atom. The molecule has 2 fully saturated rings. The number of guanidine groups is 1. The Morgan fingerprint density at radius 2 is 1.41 bits per heavy atom. The van der Waals surface area contributed by atoms with Gasteiger partial charge in [-0.15, -0.1) is 0 Å². The fourth-order valence-corrected chi connectivity index (χ4v) is 9.63. The van der Waals surface area contributed by atoms with Gasteiger partial charge < -0.3 is 97.9 Å². The number of nitrogens with zero attached hydrogens (tertiary/aromatic N) is 2. The highest BCUT2D eigenvalue weighted by Crippen LogP contribution is 2.35. The number of carboxylic acid groups (broad SMARTS) is 2. The minimum Gasteiger partial charge on any atom is -0.480 e. The van der Waals surface area contributed by atoms with E-state index < -0.39 is 150 Å². The number of rotatable bonds is 35. The summed E-state index contributed by atoms with van der Waals surface area (Å²) in [5.74, 6) is -5.94. The fraction of sp³-hybridized carbons (Fsp3) is 0.784. The molecule has 0 spiro atoms. The first-order valence-electron chi connectivity index (χ1n) is 28.0. The molecule has 0 radical (unpaired) electrons. The third-order valence-electron chi connectivity index (χ3n) is 14.3. The number of carbonyl (C=O) groups excluding carboxylic acids is 4. The number of carboxylic acids is 2. The molecule has 0 saturated carbocycles. The zero-order valence-electron chi connectivity index (χ0n) is 47.0. The van der Waals surface area contributed by atoms with Crippen molar-refractivity contribution in [2.75, 3.05) is 39.8 Å². The molecule has 3 aliphatic rings. The third kappa shape index (κ3) is 20.4. The summed E-state index contributed by atoms with van der Waals surface area (Å²) in [5.41, 5.74) is 4.08. The highest BCUT2D eigenvalue weighted by atomic mass is 16.7. The number of methoxy groups -OCH3 is 1. The van der Waals surface area contributed by atoms with E-state index >= 15 is 0 Å². The van der Waals surface area contributed by atoms with Gasteiger partial charge in [0.15, 0.2) is 18.5 Å². The number of aliphatic carboxylic acids is 2. The first-order chi connectivity index (χ1) is 38.5. The molecule has 1 aromatic rings. The van der Waals surface area contributed by atoms with Gasteiger partial charge in [0.25, 0.3) is 5.56 Å². The lowest BCUT2D eigenvalue weighted by atomic mass is 9.97. The molecule has 15 atom stereocenters. The van der Waals surface area contributed by atoms with Crippen LogP contribution in [0.2, 0.25) is 0 Å². The van der Waals surface area contributed by atoms with Crippen LogP contribution in [-0.2, 0) is 38.1 Å². The van der Waals surface area contributed by atoms with Crippen molar-refractivity contribution >= 4 is 41.8 Å². The van der Waals surface area contributed by atoms with Gasteiger partial charge in [-0.05, 0) is 37.6 Å². The van der Waals surface area contributed by atoms with Crippen LogP contribution in [0.4, 0.5) is 9.59 Å². The van der Waals surface area contributed by atoms with E-state index in [9.17, 15) is 69.0 Å². The molecular weight excluding hydrogens is 1070 g/mol. The van der Waals surface area contributed by atoms with Crippen molar-refractivity contribution in [2.45, 2.75) is 203 Å². The van der Waals surface area contributed by atoms with Crippen LogP contribution in [0.3, 0.4) is 0 Å². The Labute approximate surface area is 469 Å². The quantitative estimate of drug-likeness (QED) is 0.0309. The van der Waals surface area contributed by atoms with Gasteiger partial charge in [0.2, 0.25) is 11.8 Å². The number of aromatic nitrogens is 2. The topological polar surface area (TPSA) is 450 Å². The zero-order chi connectivity index (χ0) is 59.9. The fourth-order valence-electron chi connectivity index (χ4n) is 9.63. The van der Waals surface area contributed by atoms with Crippen LogP contribution in [0.1, 0.15) is 118 Å². The minimum absolute atomic E-state index is 0.0420. The lowest BCUT2D eigenvalue weighted by molar-refractivity contribution is -0.231. The zero-order valence-corrected chi connectivity index (χ0v) is 47.0. The molecule has 2 saturated heterocycles. The monoisotopic (exact) mass is 1160 g/mol. The SMILES string of the molecule is CCCCCCCCCCCCNC(=O)NC[C@H]1OC(OC(C(NCCCNC(=O)C(NC(=O)C(NC(=O)NC(C(=O)O)C(C)C)C2CCN=C(N)N2)C(O)C(C)C)C(=O)O)[C@H]2O[C@@H](n3ccc(=O)[nH]c3=O)[C@H](O)[C@@H]2O)[C@H](OC)[C@@H]1O. The third-order valence-corrected chi connectivity index (χ3v) is 14.3. The summed E-state index contributed by atoms with van der Waals surface area (Å²) in [6, 6.07) is -7.77. The molecule has 30 heteroatoms. The molecular formula is C51H88N12O18. The summed E-state index contributed by atoms with van der Waals surface area (Å²) in [5, 5.41) is 86.5. The molecule has 0 bridgehead atoms. The second-order valence-corrected chi connectivity index (χ2v) is 21.2. The Balaban J connectivity index is 1.46. The van der Waals surface area contributed by atoms with E-state index in [0.717, 1.165) is 42.5 Å². The largest absolute Gasteiger partial charge is 0.480 e. The summed E-state index contributed by atoms with van der Waals surface area (Å²) < 4.78 is 24.5. The molecule has 0 aliphatic carbocycles. The van der Waals surface area contributed by atoms with Gasteiger partial charge in [-0.2, -0.15) is 0 Å². The van der Waals surface area contributed by atoms with Crippen molar-refractivity contribution in [1.29, 1.82) is 0 Å². The normalized spacial score (nSPS) is 24.9. The maximum absolute atomic E-state index is 14.0. The number of aliphatic imine (C=N–C) groups is 1. The van der Waals surface area contributed by atoms with Crippen LogP contribution in [-0.4, -0.2) is 207 Å². The van der Waals surface area contributed by atoms with Crippen molar-refractivity contribution in [1.82, 2.24) is 52.1 Å². The highest BCUT2D eigenvalue weighted by molar-refractivity contribution is 5.94. The average molecular weight is 1160 g/mol. The number of aliphatic hydroxyl groups is 4. The number of aliphatic hydroxyl groups excluding tert-OH is 4. The first kappa shape index (κ1) is 67.5. The number of urea groups is 2. The number of carbonyl (C=O) groups is 6. The Hall–Kier alpha value is -5.99. The number of aromatic amines is 1. The van der Waals surface area contributed by atoms with Gasteiger partial charge >= 0.3 is 29.7 Å². The van der Waals surface area contributed by atoms with E-state index in [1.165, 1.54) is 45.6 Å². The molecule has 8 unspecified atom stereocenters. The molecule has 4 heterocycles. The van der Waals surface area contributed by atoms with Crippen molar-refractivity contribution in [3.63, 3.8) is 0 Å². The molecule has 1 aromatic heterocycles. The number of hydrogen-bond acceptors (Lipinski definition) is 20. The predicted molar refractivity (Wildman–Crippen MR) is 290 cm³/mol. The Bertz CT molecular complexity index is 2320. The van der Waals surface area contributed by atoms with E-state index in [1.54, 1.807) is 27.7 Å². The van der Waals surface area contributed by atoms with E-state index in [2.05, 4.69) is 54.5 Å². The van der Waals surface area contributed by atoms with Gasteiger partial charge in [-0.25, -0.2) is 19.2 Å². The van der Waals surface area contributed by atoms with Gasteiger partial charge in [-0.3, -0.25) is 33.7 Å². The van der Waals surface area contributed by atoms with Crippen LogP contribution in [0.25, 0.3) is 0 Å². The molecule has 81 heavy (non-hydrogen) atoms. The smallest absolute Gasteiger partial charge is 0.330 e. The van der Waals surface area contributed by atoms with Crippen molar-refractivity contribution in [2.24, 2.45) is 22.6 Å². The van der Waals surface area contributed by atoms with E-state index in [4.69, 9.17) is 24.7 Å². The number of hydrogen-bond donors (Lipinski definition) is 16. The molecule has 30 nitrogen and oxygen atoms in total. The number of nitrogens with one attached hydrogen (secondary N) is 9. The van der Waals surface area contributed by atoms with Crippen molar-refractivity contribution in [3.05, 3.63) is 33.1 Å². The van der Waals surface area contributed by atoms with Crippen LogP contribution in [0, 0.1) is 11.8 Å². The maximum Gasteiger partial charge on any atom is 0.330 e. The van der Waals surface area contributed by atoms with E-state index in [1.807, 2.05) is 4.98 Å². The summed E-state index contributed by atoms with van der Waals surface area (Å²) in [7, 11) is 1.22. The maximum atomic E-state index is 14.0. The van der Waals surface area contributed by atoms with E-state index in [0.29, 0.717) is 6.54 Å². The van der Waals surface area contributed by atoms with Crippen LogP contribution >= 0.6 is 0 Å². The number of H-pyrrole nitrogens is 1. The van der Waals surface area contributed by atoms with Gasteiger partial charge in [0, 0.05) is 45.6 Å². The summed E-state index contributed by atoms with van der Waals surface area (Å²) >= 11 is 0. The molecule has 4 rings (SSSR count). The number of ether oxygens (including phenoxy) is 4. The van der Waals surface area contributed by atoms with Crippen molar-refractivity contribution in [3.8, 4) is 0 Å². The minimum atomic E-state index is -1.96. The molecule has 6 amide bonds. The lowest BCUT2D eigenvalue weighted by Gasteiger charge is -2.34. The molecule has 17 N–H and O–H groups in total. The average Bonchev–Trinajstić information content (AvgIpc) is 4.11. The summed E-state index contributed by atoms with van der Waals surface area (Å²) in [4.78, 5) is 110. The Kier molecular flexibility index (Phi) is 28.2. The molecule has 0 aromatic carbocycles. The summed E-state index contributed by atoms with van der Waals surface area (Å²) in [6.45, 7) is 8.37. The predicted octanol–water partition coefficient (Wildman–Crippen LogP) is -2.63. The molecule has 3 aliphatic heterocycles. The number of unbranched alkanes of at least 4 members (excludes halogenated alkanes) is 9. The molecule has 460 valence electrons. The second kappa shape index (κ2) is 33.8. The van der Waals surface area contributed by atoms with Crippen LogP contribution in [0.15, 0.2) is 26.8 Å².